The lowest BCUT2D eigenvalue weighted by Crippen LogP contribution is -2.44. The first-order valence-corrected chi connectivity index (χ1v) is 6.21. The van der Waals surface area contributed by atoms with E-state index in [4.69, 9.17) is 5.73 Å². The number of anilines is 1. The molecule has 2 atom stereocenters. The lowest BCUT2D eigenvalue weighted by Gasteiger charge is -2.36. The van der Waals surface area contributed by atoms with Gasteiger partial charge in [0.25, 0.3) is 5.91 Å². The Morgan fingerprint density at radius 1 is 1.56 bits per heavy atom. The van der Waals surface area contributed by atoms with Crippen LogP contribution in [0.15, 0.2) is 12.3 Å². The van der Waals surface area contributed by atoms with Gasteiger partial charge >= 0.3 is 0 Å². The molecule has 0 saturated carbocycles. The second-order valence-electron chi connectivity index (χ2n) is 5.06. The average molecular weight is 251 g/mol. The molecule has 2 rings (SSSR count). The van der Waals surface area contributed by atoms with Gasteiger partial charge in [-0.25, -0.2) is 9.37 Å². The normalized spacial score (nSPS) is 24.1. The Kier molecular flexibility index (Phi) is 3.50. The molecule has 4 nitrogen and oxygen atoms in total. The van der Waals surface area contributed by atoms with Crippen molar-refractivity contribution in [3.8, 4) is 0 Å². The molecular formula is C13H18FN3O. The number of carbonyl (C=O) groups is 1. The van der Waals surface area contributed by atoms with Gasteiger partial charge in [-0.3, -0.25) is 4.79 Å². The number of likely N-dealkylation sites (tertiary alicyclic amines) is 1. The number of hydrogen-bond donors (Lipinski definition) is 1. The molecule has 98 valence electrons. The lowest BCUT2D eigenvalue weighted by molar-refractivity contribution is 0.0589. The van der Waals surface area contributed by atoms with Gasteiger partial charge in [0.05, 0.1) is 11.8 Å². The Labute approximate surface area is 106 Å². The number of piperidine rings is 1. The summed E-state index contributed by atoms with van der Waals surface area (Å²) in [5, 5.41) is 0. The van der Waals surface area contributed by atoms with Gasteiger partial charge in [-0.1, -0.05) is 6.92 Å². The molecule has 0 spiro atoms. The zero-order valence-corrected chi connectivity index (χ0v) is 10.7. The zero-order valence-electron chi connectivity index (χ0n) is 10.7. The minimum atomic E-state index is -0.536. The second kappa shape index (κ2) is 4.92. The van der Waals surface area contributed by atoms with Gasteiger partial charge in [0.15, 0.2) is 0 Å². The standard InChI is InChI=1S/C13H18FN3O/c1-8-3-4-17(9(2)5-8)13(18)11-6-10(14)7-16-12(11)15/h6-9H,3-5H2,1-2H3,(H2,15,16). The quantitative estimate of drug-likeness (QED) is 0.831. The Bertz CT molecular complexity index is 464. The Morgan fingerprint density at radius 3 is 2.94 bits per heavy atom. The van der Waals surface area contributed by atoms with Crippen LogP contribution in [0.4, 0.5) is 10.2 Å². The molecule has 2 unspecified atom stereocenters. The van der Waals surface area contributed by atoms with Crippen LogP contribution in [0.2, 0.25) is 0 Å². The van der Waals surface area contributed by atoms with E-state index in [9.17, 15) is 9.18 Å². The minimum absolute atomic E-state index is 0.0900. The number of rotatable bonds is 1. The molecule has 1 aliphatic heterocycles. The molecule has 1 amide bonds. The maximum Gasteiger partial charge on any atom is 0.257 e. The number of carbonyl (C=O) groups excluding carboxylic acids is 1. The van der Waals surface area contributed by atoms with Crippen molar-refractivity contribution in [1.82, 2.24) is 9.88 Å². The highest BCUT2D eigenvalue weighted by molar-refractivity contribution is 5.98. The summed E-state index contributed by atoms with van der Waals surface area (Å²) in [5.41, 5.74) is 5.81. The summed E-state index contributed by atoms with van der Waals surface area (Å²) in [6.45, 7) is 4.88. The van der Waals surface area contributed by atoms with Crippen molar-refractivity contribution >= 4 is 11.7 Å². The van der Waals surface area contributed by atoms with E-state index in [1.54, 1.807) is 4.90 Å². The van der Waals surface area contributed by atoms with Crippen LogP contribution in [0.25, 0.3) is 0 Å². The first-order chi connectivity index (χ1) is 8.49. The highest BCUT2D eigenvalue weighted by atomic mass is 19.1. The molecule has 1 aliphatic rings. The first kappa shape index (κ1) is 12.8. The summed E-state index contributed by atoms with van der Waals surface area (Å²) in [5.74, 6) is -0.0521. The summed E-state index contributed by atoms with van der Waals surface area (Å²) in [6, 6.07) is 1.32. The van der Waals surface area contributed by atoms with Crippen LogP contribution in [0.1, 0.15) is 37.0 Å². The minimum Gasteiger partial charge on any atom is -0.383 e. The number of halogens is 1. The number of nitrogens with zero attached hydrogens (tertiary/aromatic N) is 2. The fourth-order valence-corrected chi connectivity index (χ4v) is 2.48. The largest absolute Gasteiger partial charge is 0.383 e. The highest BCUT2D eigenvalue weighted by Gasteiger charge is 2.28. The summed E-state index contributed by atoms with van der Waals surface area (Å²) in [6.07, 6.45) is 2.96. The van der Waals surface area contributed by atoms with Crippen LogP contribution < -0.4 is 5.73 Å². The fraction of sp³-hybridized carbons (Fsp3) is 0.538. The van der Waals surface area contributed by atoms with E-state index in [1.807, 2.05) is 6.92 Å². The lowest BCUT2D eigenvalue weighted by atomic mass is 9.93. The van der Waals surface area contributed by atoms with Gasteiger partial charge in [0.1, 0.15) is 11.6 Å². The van der Waals surface area contributed by atoms with E-state index >= 15 is 0 Å². The third-order valence-electron chi connectivity index (χ3n) is 3.51. The van der Waals surface area contributed by atoms with Crippen molar-refractivity contribution in [3.05, 3.63) is 23.6 Å². The molecule has 0 bridgehead atoms. The van der Waals surface area contributed by atoms with Crippen LogP contribution in [0.5, 0.6) is 0 Å². The summed E-state index contributed by atoms with van der Waals surface area (Å²) >= 11 is 0. The van der Waals surface area contributed by atoms with Crippen LogP contribution in [-0.4, -0.2) is 28.4 Å². The van der Waals surface area contributed by atoms with Crippen LogP contribution in [0, 0.1) is 11.7 Å². The van der Waals surface area contributed by atoms with Crippen molar-refractivity contribution in [3.63, 3.8) is 0 Å². The molecule has 0 aliphatic carbocycles. The van der Waals surface area contributed by atoms with Crippen molar-refractivity contribution in [2.75, 3.05) is 12.3 Å². The molecule has 5 heteroatoms. The van der Waals surface area contributed by atoms with E-state index in [0.29, 0.717) is 12.5 Å². The SMILES string of the molecule is CC1CCN(C(=O)c2cc(F)cnc2N)C(C)C1. The molecule has 2 N–H and O–H groups in total. The van der Waals surface area contributed by atoms with Crippen LogP contribution in [0.3, 0.4) is 0 Å². The summed E-state index contributed by atoms with van der Waals surface area (Å²) < 4.78 is 13.1. The molecule has 1 aromatic rings. The Hall–Kier alpha value is -1.65. The average Bonchev–Trinajstić information content (AvgIpc) is 2.31. The topological polar surface area (TPSA) is 59.2 Å². The van der Waals surface area contributed by atoms with Crippen molar-refractivity contribution in [1.29, 1.82) is 0 Å². The first-order valence-electron chi connectivity index (χ1n) is 6.21. The second-order valence-corrected chi connectivity index (χ2v) is 5.06. The van der Waals surface area contributed by atoms with Gasteiger partial charge in [-0.15, -0.1) is 0 Å². The third-order valence-corrected chi connectivity index (χ3v) is 3.51. The molecular weight excluding hydrogens is 233 g/mol. The number of hydrogen-bond acceptors (Lipinski definition) is 3. The maximum absolute atomic E-state index is 13.1. The predicted molar refractivity (Wildman–Crippen MR) is 67.5 cm³/mol. The van der Waals surface area contributed by atoms with E-state index in [2.05, 4.69) is 11.9 Å². The Morgan fingerprint density at radius 2 is 2.28 bits per heavy atom. The molecule has 0 radical (unpaired) electrons. The molecule has 1 saturated heterocycles. The smallest absolute Gasteiger partial charge is 0.257 e. The number of nitrogens with two attached hydrogens (primary N) is 1. The van der Waals surface area contributed by atoms with Gasteiger partial charge in [0.2, 0.25) is 0 Å². The van der Waals surface area contributed by atoms with E-state index in [1.165, 1.54) is 0 Å². The predicted octanol–water partition coefficient (Wildman–Crippen LogP) is 2.06. The molecule has 0 aromatic carbocycles. The molecule has 18 heavy (non-hydrogen) atoms. The third kappa shape index (κ3) is 2.44. The number of nitrogen functional groups attached to an aromatic ring is 1. The molecule has 1 fully saturated rings. The fourth-order valence-electron chi connectivity index (χ4n) is 2.48. The number of pyridine rings is 1. The molecule has 2 heterocycles. The summed E-state index contributed by atoms with van der Waals surface area (Å²) in [4.78, 5) is 17.8. The summed E-state index contributed by atoms with van der Waals surface area (Å²) in [7, 11) is 0. The van der Waals surface area contributed by atoms with Crippen LogP contribution in [-0.2, 0) is 0 Å². The van der Waals surface area contributed by atoms with Crippen LogP contribution >= 0.6 is 0 Å². The van der Waals surface area contributed by atoms with Gasteiger partial charge < -0.3 is 10.6 Å². The molecule has 1 aromatic heterocycles. The number of aromatic nitrogens is 1. The van der Waals surface area contributed by atoms with E-state index < -0.39 is 5.82 Å². The Balaban J connectivity index is 2.23. The zero-order chi connectivity index (χ0) is 13.3. The van der Waals surface area contributed by atoms with E-state index in [-0.39, 0.29) is 23.3 Å². The van der Waals surface area contributed by atoms with Crippen molar-refractivity contribution in [2.24, 2.45) is 5.92 Å². The monoisotopic (exact) mass is 251 g/mol. The van der Waals surface area contributed by atoms with Gasteiger partial charge in [-0.2, -0.15) is 0 Å². The van der Waals surface area contributed by atoms with Gasteiger partial charge in [0, 0.05) is 12.6 Å². The highest BCUT2D eigenvalue weighted by Crippen LogP contribution is 2.25. The van der Waals surface area contributed by atoms with Crippen molar-refractivity contribution < 1.29 is 9.18 Å². The maximum atomic E-state index is 13.1. The van der Waals surface area contributed by atoms with E-state index in [0.717, 1.165) is 25.1 Å². The van der Waals surface area contributed by atoms with Gasteiger partial charge in [-0.05, 0) is 31.7 Å². The van der Waals surface area contributed by atoms with Crippen molar-refractivity contribution in [2.45, 2.75) is 32.7 Å². The number of amides is 1.